The number of hydrogen-bond donors (Lipinski definition) is 0. The summed E-state index contributed by atoms with van der Waals surface area (Å²) in [7, 11) is 0.148. The molecule has 0 unspecified atom stereocenters. The summed E-state index contributed by atoms with van der Waals surface area (Å²) in [5, 5.41) is 0. The first kappa shape index (κ1) is 27.5. The largest absolute Gasteiger partial charge is 0.576 e. The van der Waals surface area contributed by atoms with Crippen LogP contribution in [0.2, 0.25) is 0 Å². The van der Waals surface area contributed by atoms with Crippen molar-refractivity contribution in [3.05, 3.63) is 156 Å². The van der Waals surface area contributed by atoms with Crippen molar-refractivity contribution in [2.24, 2.45) is 0 Å². The maximum Gasteiger partial charge on any atom is 0.576 e. The molecule has 0 fully saturated rings. The first-order valence-electron chi connectivity index (χ1n) is 15.8. The average molecular weight is 583 g/mol. The van der Waals surface area contributed by atoms with E-state index in [4.69, 9.17) is 9.31 Å². The normalized spacial score (nSPS) is 14.6. The van der Waals surface area contributed by atoms with Crippen molar-refractivity contribution in [2.45, 2.75) is 38.5 Å². The second-order valence-electron chi connectivity index (χ2n) is 13.3. The fourth-order valence-electron chi connectivity index (χ4n) is 7.42. The highest BCUT2D eigenvalue weighted by Gasteiger charge is 2.36. The minimum Gasteiger partial charge on any atom is -0.529 e. The van der Waals surface area contributed by atoms with Gasteiger partial charge in [-0.2, -0.15) is 0 Å². The van der Waals surface area contributed by atoms with E-state index in [-0.39, 0.29) is 18.5 Å². The Morgan fingerprint density at radius 3 is 1.16 bits per heavy atom. The van der Waals surface area contributed by atoms with Crippen LogP contribution in [0.5, 0.6) is 11.5 Å². The molecule has 0 aromatic heterocycles. The van der Waals surface area contributed by atoms with E-state index in [1.165, 1.54) is 66.8 Å². The maximum absolute atomic E-state index is 5.95. The maximum atomic E-state index is 5.95. The van der Waals surface area contributed by atoms with Crippen molar-refractivity contribution in [1.29, 1.82) is 0 Å². The predicted octanol–water partition coefficient (Wildman–Crippen LogP) is 10.4. The van der Waals surface area contributed by atoms with E-state index in [1.54, 1.807) is 0 Å². The second kappa shape index (κ2) is 10.3. The zero-order chi connectivity index (χ0) is 30.8. The van der Waals surface area contributed by atoms with Crippen molar-refractivity contribution in [2.75, 3.05) is 0 Å². The van der Waals surface area contributed by atoms with Crippen LogP contribution in [-0.4, -0.2) is 7.69 Å². The highest BCUT2D eigenvalue weighted by Crippen LogP contribution is 2.50. The number of fused-ring (bicyclic) bond motifs is 6. The van der Waals surface area contributed by atoms with Crippen molar-refractivity contribution >= 4 is 7.69 Å². The quantitative estimate of drug-likeness (QED) is 0.182. The third-order valence-corrected chi connectivity index (χ3v) is 9.99. The molecule has 0 spiro atoms. The van der Waals surface area contributed by atoms with Crippen molar-refractivity contribution in [1.82, 2.24) is 0 Å². The Morgan fingerprint density at radius 1 is 0.378 bits per heavy atom. The van der Waals surface area contributed by atoms with Gasteiger partial charge >= 0.3 is 7.69 Å². The summed E-state index contributed by atoms with van der Waals surface area (Å²) < 4.78 is 11.9. The van der Waals surface area contributed by atoms with Gasteiger partial charge in [0.05, 0.1) is 0 Å². The Kier molecular flexibility index (Phi) is 6.29. The Bertz CT molecular complexity index is 1920. The van der Waals surface area contributed by atoms with Gasteiger partial charge in [0.15, 0.2) is 0 Å². The van der Waals surface area contributed by atoms with Gasteiger partial charge in [-0.15, -0.1) is 0 Å². The van der Waals surface area contributed by atoms with Crippen LogP contribution in [0.25, 0.3) is 44.5 Å². The highest BCUT2D eigenvalue weighted by atomic mass is 16.6. The van der Waals surface area contributed by atoms with E-state index in [0.29, 0.717) is 0 Å². The molecule has 2 nitrogen and oxygen atoms in total. The van der Waals surface area contributed by atoms with E-state index >= 15 is 0 Å². The number of rotatable bonds is 6. The van der Waals surface area contributed by atoms with Gasteiger partial charge in [0.25, 0.3) is 0 Å². The van der Waals surface area contributed by atoms with E-state index in [9.17, 15) is 0 Å². The molecule has 0 heterocycles. The lowest BCUT2D eigenvalue weighted by Crippen LogP contribution is -2.14. The van der Waals surface area contributed by atoms with E-state index in [0.717, 1.165) is 11.5 Å². The molecule has 2 aliphatic carbocycles. The summed E-state index contributed by atoms with van der Waals surface area (Å²) in [6.45, 7) is 9.27. The molecule has 0 aliphatic heterocycles. The van der Waals surface area contributed by atoms with Gasteiger partial charge in [0.2, 0.25) is 0 Å². The molecule has 0 radical (unpaired) electrons. The van der Waals surface area contributed by atoms with Gasteiger partial charge < -0.3 is 9.31 Å². The number of hydrogen-bond acceptors (Lipinski definition) is 2. The van der Waals surface area contributed by atoms with Crippen LogP contribution in [-0.2, 0) is 10.8 Å². The molecule has 0 saturated carbocycles. The molecule has 0 amide bonds. The molecule has 0 N–H and O–H groups in total. The van der Waals surface area contributed by atoms with Crippen LogP contribution in [0.15, 0.2) is 133 Å². The van der Waals surface area contributed by atoms with Crippen LogP contribution >= 0.6 is 0 Å². The standard InChI is InChI=1S/C42H35BO2/c1-41(2)37-11-7-5-9-33(37)35-23-17-29(25-39(35)41)27-13-19-31(20-14-27)44-43-45-32-21-15-28(16-22-32)30-18-24-36-34-10-6-8-12-38(34)42(3,4)40(36)26-30/h5-26,43H,1-4H3. The predicted molar refractivity (Wildman–Crippen MR) is 187 cm³/mol. The van der Waals surface area contributed by atoms with Crippen LogP contribution < -0.4 is 9.31 Å². The minimum atomic E-state index is -0.00877. The van der Waals surface area contributed by atoms with Crippen LogP contribution in [0.1, 0.15) is 49.9 Å². The van der Waals surface area contributed by atoms with Gasteiger partial charge in [0.1, 0.15) is 11.5 Å². The third-order valence-electron chi connectivity index (χ3n) is 9.99. The highest BCUT2D eigenvalue weighted by molar-refractivity contribution is 6.20. The number of benzene rings is 6. The molecule has 8 rings (SSSR count). The van der Waals surface area contributed by atoms with Gasteiger partial charge in [-0.05, 0) is 103 Å². The second-order valence-corrected chi connectivity index (χ2v) is 13.3. The molecule has 45 heavy (non-hydrogen) atoms. The summed E-state index contributed by atoms with van der Waals surface area (Å²) in [5.41, 5.74) is 15.7. The summed E-state index contributed by atoms with van der Waals surface area (Å²) in [4.78, 5) is 0. The zero-order valence-electron chi connectivity index (χ0n) is 26.2. The van der Waals surface area contributed by atoms with E-state index in [2.05, 4.69) is 137 Å². The van der Waals surface area contributed by atoms with Gasteiger partial charge in [-0.3, -0.25) is 0 Å². The molecule has 6 aromatic carbocycles. The van der Waals surface area contributed by atoms with Crippen molar-refractivity contribution < 1.29 is 9.31 Å². The monoisotopic (exact) mass is 582 g/mol. The van der Waals surface area contributed by atoms with Gasteiger partial charge in [-0.25, -0.2) is 0 Å². The first-order valence-corrected chi connectivity index (χ1v) is 15.8. The Hall–Kier alpha value is -5.02. The average Bonchev–Trinajstić information content (AvgIpc) is 3.44. The summed E-state index contributed by atoms with van der Waals surface area (Å²) >= 11 is 0. The molecule has 0 saturated heterocycles. The van der Waals surface area contributed by atoms with Gasteiger partial charge in [0, 0.05) is 10.8 Å². The Labute approximate surface area is 266 Å². The van der Waals surface area contributed by atoms with Gasteiger partial charge in [-0.1, -0.05) is 125 Å². The molecule has 0 bridgehead atoms. The van der Waals surface area contributed by atoms with E-state index < -0.39 is 0 Å². The van der Waals surface area contributed by atoms with E-state index in [1.807, 2.05) is 24.3 Å². The summed E-state index contributed by atoms with van der Waals surface area (Å²) in [6, 6.07) is 47.8. The van der Waals surface area contributed by atoms with Crippen molar-refractivity contribution in [3.8, 4) is 56.0 Å². The molecular formula is C42H35BO2. The van der Waals surface area contributed by atoms with Crippen LogP contribution in [0.4, 0.5) is 0 Å². The fraction of sp³-hybridized carbons (Fsp3) is 0.143. The minimum absolute atomic E-state index is 0.00877. The Morgan fingerprint density at radius 2 is 0.733 bits per heavy atom. The zero-order valence-corrected chi connectivity index (χ0v) is 26.2. The SMILES string of the molecule is CC1(C)c2ccccc2-c2ccc(-c3ccc(OBOc4ccc(-c5ccc6c(c5)C(C)(C)c5ccccc5-6)cc4)cc3)cc21. The molecule has 2 aliphatic rings. The van der Waals surface area contributed by atoms with Crippen LogP contribution in [0.3, 0.4) is 0 Å². The Balaban J connectivity index is 0.918. The summed E-state index contributed by atoms with van der Waals surface area (Å²) in [5.74, 6) is 1.57. The summed E-state index contributed by atoms with van der Waals surface area (Å²) in [6.07, 6.45) is 0. The lowest BCUT2D eigenvalue weighted by molar-refractivity contribution is 0.459. The molecule has 218 valence electrons. The first-order chi connectivity index (χ1) is 21.8. The molecule has 3 heteroatoms. The molecule has 0 atom stereocenters. The third kappa shape index (κ3) is 4.49. The fourth-order valence-corrected chi connectivity index (χ4v) is 7.42. The lowest BCUT2D eigenvalue weighted by Gasteiger charge is -2.22. The topological polar surface area (TPSA) is 18.5 Å². The molecule has 6 aromatic rings. The molecular weight excluding hydrogens is 547 g/mol. The van der Waals surface area contributed by atoms with Crippen molar-refractivity contribution in [3.63, 3.8) is 0 Å². The van der Waals surface area contributed by atoms with Crippen LogP contribution in [0, 0.1) is 0 Å². The smallest absolute Gasteiger partial charge is 0.529 e. The lowest BCUT2D eigenvalue weighted by atomic mass is 9.81.